The molecule has 1 heterocycles. The van der Waals surface area contributed by atoms with E-state index >= 15 is 0 Å². The Bertz CT molecular complexity index is 449. The minimum absolute atomic E-state index is 0.00944. The van der Waals surface area contributed by atoms with Crippen LogP contribution >= 0.6 is 0 Å². The zero-order valence-electron chi connectivity index (χ0n) is 10.2. The van der Waals surface area contributed by atoms with Crippen LogP contribution < -0.4 is 19.9 Å². The number of nitrogens with two attached hydrogens (primary N) is 1. The second-order valence-electron chi connectivity index (χ2n) is 4.50. The van der Waals surface area contributed by atoms with Gasteiger partial charge in [-0.2, -0.15) is 0 Å². The first-order valence-electron chi connectivity index (χ1n) is 5.47. The zero-order chi connectivity index (χ0) is 13.3. The van der Waals surface area contributed by atoms with Crippen molar-refractivity contribution in [3.63, 3.8) is 0 Å². The summed E-state index contributed by atoms with van der Waals surface area (Å²) in [4.78, 5) is 0. The Balaban J connectivity index is 2.32. The average Bonchev–Trinajstić information content (AvgIpc) is 2.74. The molecule has 0 saturated heterocycles. The maximum absolute atomic E-state index is 12.8. The number of fused-ring (bicyclic) bond motifs is 1. The molecule has 0 fully saturated rings. The van der Waals surface area contributed by atoms with E-state index in [1.165, 1.54) is 14.0 Å². The second-order valence-corrected chi connectivity index (χ2v) is 4.50. The number of methoxy groups -OCH3 is 1. The average molecular weight is 259 g/mol. The highest BCUT2D eigenvalue weighted by Crippen LogP contribution is 2.39. The van der Waals surface area contributed by atoms with Crippen LogP contribution in [0.2, 0.25) is 0 Å². The van der Waals surface area contributed by atoms with Gasteiger partial charge in [-0.3, -0.25) is 0 Å². The molecule has 1 aliphatic rings. The molecular weight excluding hydrogens is 244 g/mol. The number of ether oxygens (including phenoxy) is 3. The van der Waals surface area contributed by atoms with Crippen LogP contribution in [0, 0.1) is 0 Å². The molecule has 6 heteroatoms. The second kappa shape index (κ2) is 4.61. The zero-order valence-corrected chi connectivity index (χ0v) is 10.2. The number of halogens is 2. The number of hydrogen-bond donors (Lipinski definition) is 1. The maximum Gasteiger partial charge on any atom is 0.256 e. The molecule has 0 spiro atoms. The standard InChI is InChI=1S/C12H15F2NO3/c1-12(15,11(13)14)5-7-3-9-10(18-6-17-9)4-8(7)16-2/h3-4,11H,5-6,15H2,1-2H3. The topological polar surface area (TPSA) is 53.7 Å². The lowest BCUT2D eigenvalue weighted by molar-refractivity contribution is 0.0636. The highest BCUT2D eigenvalue weighted by atomic mass is 19.3. The molecule has 18 heavy (non-hydrogen) atoms. The molecule has 2 N–H and O–H groups in total. The molecule has 1 unspecified atom stereocenters. The van der Waals surface area contributed by atoms with Crippen LogP contribution in [0.15, 0.2) is 12.1 Å². The summed E-state index contributed by atoms with van der Waals surface area (Å²) in [5.41, 5.74) is 4.55. The molecule has 1 aromatic carbocycles. The molecule has 1 aromatic rings. The van der Waals surface area contributed by atoms with Gasteiger partial charge < -0.3 is 19.9 Å². The normalized spacial score (nSPS) is 16.8. The Morgan fingerprint density at radius 1 is 1.39 bits per heavy atom. The van der Waals surface area contributed by atoms with Crippen molar-refractivity contribution in [3.05, 3.63) is 17.7 Å². The first kappa shape index (κ1) is 12.9. The minimum Gasteiger partial charge on any atom is -0.496 e. The molecule has 1 atom stereocenters. The molecule has 2 rings (SSSR count). The molecule has 1 aliphatic heterocycles. The third-order valence-corrected chi connectivity index (χ3v) is 2.85. The summed E-state index contributed by atoms with van der Waals surface area (Å²) in [7, 11) is 1.47. The first-order chi connectivity index (χ1) is 8.44. The predicted molar refractivity (Wildman–Crippen MR) is 61.4 cm³/mol. The van der Waals surface area contributed by atoms with Crippen LogP contribution in [0.3, 0.4) is 0 Å². The van der Waals surface area contributed by atoms with Gasteiger partial charge in [0.25, 0.3) is 6.43 Å². The van der Waals surface area contributed by atoms with Crippen molar-refractivity contribution < 1.29 is 23.0 Å². The fourth-order valence-corrected chi connectivity index (χ4v) is 1.78. The van der Waals surface area contributed by atoms with Gasteiger partial charge >= 0.3 is 0 Å². The summed E-state index contributed by atoms with van der Waals surface area (Å²) in [5, 5.41) is 0. The number of benzene rings is 1. The van der Waals surface area contributed by atoms with Crippen molar-refractivity contribution in [2.24, 2.45) is 5.73 Å². The van der Waals surface area contributed by atoms with E-state index in [2.05, 4.69) is 0 Å². The number of rotatable bonds is 4. The molecule has 0 amide bonds. The molecule has 0 saturated carbocycles. The Hall–Kier alpha value is -1.56. The van der Waals surface area contributed by atoms with Gasteiger partial charge in [-0.25, -0.2) is 8.78 Å². The summed E-state index contributed by atoms with van der Waals surface area (Å²) >= 11 is 0. The molecule has 0 aromatic heterocycles. The highest BCUT2D eigenvalue weighted by Gasteiger charge is 2.32. The van der Waals surface area contributed by atoms with Crippen molar-refractivity contribution >= 4 is 0 Å². The maximum atomic E-state index is 12.8. The van der Waals surface area contributed by atoms with E-state index < -0.39 is 12.0 Å². The summed E-state index contributed by atoms with van der Waals surface area (Å²) in [6.45, 7) is 1.43. The summed E-state index contributed by atoms with van der Waals surface area (Å²) in [6, 6.07) is 3.26. The van der Waals surface area contributed by atoms with Crippen molar-refractivity contribution in [2.75, 3.05) is 13.9 Å². The SMILES string of the molecule is COc1cc2c(cc1CC(C)(N)C(F)F)OCO2. The third kappa shape index (κ3) is 2.33. The van der Waals surface area contributed by atoms with Gasteiger partial charge in [0, 0.05) is 11.6 Å². The van der Waals surface area contributed by atoms with Gasteiger partial charge in [0.05, 0.1) is 12.6 Å². The monoisotopic (exact) mass is 259 g/mol. The summed E-state index contributed by atoms with van der Waals surface area (Å²) in [5.74, 6) is 1.54. The van der Waals surface area contributed by atoms with E-state index in [1.807, 2.05) is 0 Å². The predicted octanol–water partition coefficient (Wildman–Crippen LogP) is 1.95. The van der Waals surface area contributed by atoms with Gasteiger partial charge in [0.2, 0.25) is 6.79 Å². The lowest BCUT2D eigenvalue weighted by Gasteiger charge is -2.24. The molecular formula is C12H15F2NO3. The van der Waals surface area contributed by atoms with Crippen LogP contribution in [-0.2, 0) is 6.42 Å². The Morgan fingerprint density at radius 3 is 2.56 bits per heavy atom. The fraction of sp³-hybridized carbons (Fsp3) is 0.500. The fourth-order valence-electron chi connectivity index (χ4n) is 1.78. The van der Waals surface area contributed by atoms with Gasteiger partial charge in [0.1, 0.15) is 5.75 Å². The summed E-state index contributed by atoms with van der Waals surface area (Å²) < 4.78 is 41.1. The van der Waals surface area contributed by atoms with Gasteiger partial charge in [0.15, 0.2) is 11.5 Å². The summed E-state index contributed by atoms with van der Waals surface area (Å²) in [6.07, 6.45) is -2.63. The van der Waals surface area contributed by atoms with E-state index in [4.69, 9.17) is 19.9 Å². The van der Waals surface area contributed by atoms with Gasteiger partial charge in [-0.1, -0.05) is 0 Å². The van der Waals surface area contributed by atoms with Crippen LogP contribution in [0.25, 0.3) is 0 Å². The Kier molecular flexibility index (Phi) is 3.30. The van der Waals surface area contributed by atoms with Crippen molar-refractivity contribution in [2.45, 2.75) is 25.3 Å². The highest BCUT2D eigenvalue weighted by molar-refractivity contribution is 5.52. The molecule has 0 bridgehead atoms. The van der Waals surface area contributed by atoms with E-state index in [9.17, 15) is 8.78 Å². The molecule has 0 aliphatic carbocycles. The van der Waals surface area contributed by atoms with Crippen LogP contribution in [0.4, 0.5) is 8.78 Å². The molecule has 100 valence electrons. The quantitative estimate of drug-likeness (QED) is 0.898. The lowest BCUT2D eigenvalue weighted by atomic mass is 9.93. The van der Waals surface area contributed by atoms with Gasteiger partial charge in [-0.15, -0.1) is 0 Å². The van der Waals surface area contributed by atoms with Crippen molar-refractivity contribution in [1.29, 1.82) is 0 Å². The Morgan fingerprint density at radius 2 is 2.00 bits per heavy atom. The first-order valence-corrected chi connectivity index (χ1v) is 5.47. The smallest absolute Gasteiger partial charge is 0.256 e. The molecule has 0 radical (unpaired) electrons. The lowest BCUT2D eigenvalue weighted by Crippen LogP contribution is -2.45. The van der Waals surface area contributed by atoms with E-state index in [0.717, 1.165) is 0 Å². The van der Waals surface area contributed by atoms with Gasteiger partial charge in [-0.05, 0) is 19.4 Å². The number of alkyl halides is 2. The van der Waals surface area contributed by atoms with E-state index in [0.29, 0.717) is 22.8 Å². The Labute approximate surface area is 104 Å². The van der Waals surface area contributed by atoms with Crippen molar-refractivity contribution in [1.82, 2.24) is 0 Å². The van der Waals surface area contributed by atoms with Crippen LogP contribution in [0.1, 0.15) is 12.5 Å². The van der Waals surface area contributed by atoms with Crippen LogP contribution in [-0.4, -0.2) is 25.9 Å². The van der Waals surface area contributed by atoms with E-state index in [-0.39, 0.29) is 13.2 Å². The number of hydrogen-bond acceptors (Lipinski definition) is 4. The third-order valence-electron chi connectivity index (χ3n) is 2.85. The molecule has 4 nitrogen and oxygen atoms in total. The largest absolute Gasteiger partial charge is 0.496 e. The van der Waals surface area contributed by atoms with E-state index in [1.54, 1.807) is 12.1 Å². The van der Waals surface area contributed by atoms with Crippen molar-refractivity contribution in [3.8, 4) is 17.2 Å². The minimum atomic E-state index is -2.62. The van der Waals surface area contributed by atoms with Crippen LogP contribution in [0.5, 0.6) is 17.2 Å².